The highest BCUT2D eigenvalue weighted by atomic mass is 14.3. The van der Waals surface area contributed by atoms with Crippen LogP contribution in [0.4, 0.5) is 0 Å². The fourth-order valence-corrected chi connectivity index (χ4v) is 1.62. The third kappa shape index (κ3) is 4.44. The molecular formula is C11H23. The maximum absolute atomic E-state index is 4.21. The molecule has 0 saturated heterocycles. The van der Waals surface area contributed by atoms with Gasteiger partial charge in [-0.1, -0.05) is 53.4 Å². The zero-order valence-electron chi connectivity index (χ0n) is 8.61. The van der Waals surface area contributed by atoms with Crippen LogP contribution in [-0.4, -0.2) is 0 Å². The minimum absolute atomic E-state index is 0.270. The molecule has 0 saturated carbocycles. The van der Waals surface area contributed by atoms with Crippen molar-refractivity contribution in [2.75, 3.05) is 0 Å². The van der Waals surface area contributed by atoms with Gasteiger partial charge in [0.1, 0.15) is 0 Å². The molecule has 0 rings (SSSR count). The van der Waals surface area contributed by atoms with Gasteiger partial charge in [-0.3, -0.25) is 0 Å². The molecule has 67 valence electrons. The molecule has 0 fully saturated rings. The Morgan fingerprint density at radius 2 is 1.45 bits per heavy atom. The van der Waals surface area contributed by atoms with Crippen LogP contribution in [0.5, 0.6) is 0 Å². The Kier molecular flexibility index (Phi) is 4.79. The molecule has 0 unspecified atom stereocenters. The summed E-state index contributed by atoms with van der Waals surface area (Å²) >= 11 is 0. The maximum atomic E-state index is 4.21. The second-order valence-electron chi connectivity index (χ2n) is 4.26. The summed E-state index contributed by atoms with van der Waals surface area (Å²) in [5.41, 5.74) is 0.270. The zero-order valence-corrected chi connectivity index (χ0v) is 8.61. The molecule has 0 aliphatic carbocycles. The lowest BCUT2D eigenvalue weighted by Crippen LogP contribution is -2.20. The van der Waals surface area contributed by atoms with Gasteiger partial charge in [-0.2, -0.15) is 0 Å². The van der Waals surface area contributed by atoms with E-state index in [0.29, 0.717) is 0 Å². The summed E-state index contributed by atoms with van der Waals surface area (Å²) in [6, 6.07) is 0. The molecule has 1 radical (unpaired) electrons. The quantitative estimate of drug-likeness (QED) is 0.561. The van der Waals surface area contributed by atoms with E-state index in [-0.39, 0.29) is 5.41 Å². The second-order valence-corrected chi connectivity index (χ2v) is 4.26. The third-order valence-corrected chi connectivity index (χ3v) is 2.38. The van der Waals surface area contributed by atoms with E-state index in [1.54, 1.807) is 0 Å². The Hall–Kier alpha value is 0. The van der Waals surface area contributed by atoms with Crippen LogP contribution in [0.2, 0.25) is 0 Å². The van der Waals surface area contributed by atoms with Crippen LogP contribution in [0.25, 0.3) is 0 Å². The molecule has 0 aromatic rings. The van der Waals surface area contributed by atoms with E-state index in [2.05, 4.69) is 34.6 Å². The van der Waals surface area contributed by atoms with Crippen molar-refractivity contribution in [2.24, 2.45) is 11.3 Å². The standard InChI is InChI=1S/C11H23/c1-6-8-10(9-7-2)11(3,4)5/h10H,3,6-9H2,1-2,4-5H3. The summed E-state index contributed by atoms with van der Waals surface area (Å²) in [4.78, 5) is 0. The molecule has 11 heavy (non-hydrogen) atoms. The van der Waals surface area contributed by atoms with Crippen molar-refractivity contribution < 1.29 is 0 Å². The topological polar surface area (TPSA) is 0 Å². The smallest absolute Gasteiger partial charge is 0.0326 e. The summed E-state index contributed by atoms with van der Waals surface area (Å²) in [5, 5.41) is 0. The first-order valence-electron chi connectivity index (χ1n) is 4.87. The summed E-state index contributed by atoms with van der Waals surface area (Å²) in [6.45, 7) is 13.2. The molecule has 0 N–H and O–H groups in total. The molecule has 0 aliphatic heterocycles. The van der Waals surface area contributed by atoms with E-state index < -0.39 is 0 Å². The average molecular weight is 155 g/mol. The Balaban J connectivity index is 3.88. The fourth-order valence-electron chi connectivity index (χ4n) is 1.62. The molecule has 0 aliphatic rings. The third-order valence-electron chi connectivity index (χ3n) is 2.38. The minimum Gasteiger partial charge on any atom is -0.0654 e. The van der Waals surface area contributed by atoms with Gasteiger partial charge in [-0.15, -0.1) is 0 Å². The zero-order chi connectivity index (χ0) is 8.91. The van der Waals surface area contributed by atoms with Gasteiger partial charge in [0, 0.05) is 0 Å². The Morgan fingerprint density at radius 3 is 1.64 bits per heavy atom. The second kappa shape index (κ2) is 4.79. The predicted molar refractivity (Wildman–Crippen MR) is 52.4 cm³/mol. The van der Waals surface area contributed by atoms with Gasteiger partial charge in [-0.25, -0.2) is 0 Å². The number of hydrogen-bond acceptors (Lipinski definition) is 0. The molecule has 0 amide bonds. The molecule has 0 bridgehead atoms. The van der Waals surface area contributed by atoms with Gasteiger partial charge in [0.05, 0.1) is 0 Å². The summed E-state index contributed by atoms with van der Waals surface area (Å²) in [6.07, 6.45) is 5.27. The molecule has 0 heterocycles. The van der Waals surface area contributed by atoms with E-state index >= 15 is 0 Å². The van der Waals surface area contributed by atoms with E-state index in [9.17, 15) is 0 Å². The van der Waals surface area contributed by atoms with E-state index in [1.165, 1.54) is 25.7 Å². The van der Waals surface area contributed by atoms with E-state index in [4.69, 9.17) is 0 Å². The lowest BCUT2D eigenvalue weighted by atomic mass is 9.76. The van der Waals surface area contributed by atoms with Crippen molar-refractivity contribution in [3.05, 3.63) is 6.92 Å². The van der Waals surface area contributed by atoms with Crippen LogP contribution in [0.3, 0.4) is 0 Å². The fraction of sp³-hybridized carbons (Fsp3) is 0.909. The largest absolute Gasteiger partial charge is 0.0654 e. The minimum atomic E-state index is 0.270. The molecule has 0 aromatic heterocycles. The lowest BCUT2D eigenvalue weighted by Gasteiger charge is -2.30. The number of hydrogen-bond donors (Lipinski definition) is 0. The molecule has 0 heteroatoms. The van der Waals surface area contributed by atoms with Crippen LogP contribution in [-0.2, 0) is 0 Å². The van der Waals surface area contributed by atoms with Crippen molar-refractivity contribution in [3.63, 3.8) is 0 Å². The van der Waals surface area contributed by atoms with Crippen molar-refractivity contribution >= 4 is 0 Å². The predicted octanol–water partition coefficient (Wildman–Crippen LogP) is 4.06. The van der Waals surface area contributed by atoms with E-state index in [1.807, 2.05) is 0 Å². The SMILES string of the molecule is [CH2]C(C)(C)C(CCC)CCC. The first-order valence-corrected chi connectivity index (χ1v) is 4.87. The highest BCUT2D eigenvalue weighted by molar-refractivity contribution is 4.79. The van der Waals surface area contributed by atoms with Crippen LogP contribution in [0, 0.1) is 18.3 Å². The van der Waals surface area contributed by atoms with Gasteiger partial charge in [-0.05, 0) is 18.3 Å². The van der Waals surface area contributed by atoms with Crippen molar-refractivity contribution in [1.82, 2.24) is 0 Å². The normalized spacial score (nSPS) is 12.5. The highest BCUT2D eigenvalue weighted by Gasteiger charge is 2.22. The molecule has 0 spiro atoms. The molecule has 0 atom stereocenters. The first kappa shape index (κ1) is 11.0. The average Bonchev–Trinajstić information content (AvgIpc) is 1.85. The summed E-state index contributed by atoms with van der Waals surface area (Å²) < 4.78 is 0. The van der Waals surface area contributed by atoms with Gasteiger partial charge >= 0.3 is 0 Å². The highest BCUT2D eigenvalue weighted by Crippen LogP contribution is 2.32. The van der Waals surface area contributed by atoms with Crippen LogP contribution in [0.1, 0.15) is 53.4 Å². The Morgan fingerprint density at radius 1 is 1.09 bits per heavy atom. The summed E-state index contributed by atoms with van der Waals surface area (Å²) in [7, 11) is 0. The van der Waals surface area contributed by atoms with Crippen LogP contribution >= 0.6 is 0 Å². The monoisotopic (exact) mass is 155 g/mol. The summed E-state index contributed by atoms with van der Waals surface area (Å²) in [5.74, 6) is 0.817. The van der Waals surface area contributed by atoms with Gasteiger partial charge in [0.15, 0.2) is 0 Å². The molecule has 0 nitrogen and oxygen atoms in total. The Bertz CT molecular complexity index is 80.7. The van der Waals surface area contributed by atoms with Crippen molar-refractivity contribution in [2.45, 2.75) is 53.4 Å². The molecular weight excluding hydrogens is 132 g/mol. The first-order chi connectivity index (χ1) is 5.02. The van der Waals surface area contributed by atoms with Crippen molar-refractivity contribution in [3.8, 4) is 0 Å². The molecule has 0 aromatic carbocycles. The van der Waals surface area contributed by atoms with Crippen molar-refractivity contribution in [1.29, 1.82) is 0 Å². The van der Waals surface area contributed by atoms with Gasteiger partial charge in [0.25, 0.3) is 0 Å². The van der Waals surface area contributed by atoms with Crippen LogP contribution < -0.4 is 0 Å². The maximum Gasteiger partial charge on any atom is -0.0326 e. The Labute approximate surface area is 72.4 Å². The lowest BCUT2D eigenvalue weighted by molar-refractivity contribution is 0.242. The van der Waals surface area contributed by atoms with Crippen LogP contribution in [0.15, 0.2) is 0 Å². The van der Waals surface area contributed by atoms with Gasteiger partial charge in [0.2, 0.25) is 0 Å². The number of rotatable bonds is 5. The van der Waals surface area contributed by atoms with Gasteiger partial charge < -0.3 is 0 Å². The van der Waals surface area contributed by atoms with E-state index in [0.717, 1.165) is 5.92 Å².